The number of nitrogens with zero attached hydrogens (tertiary/aromatic N) is 1. The monoisotopic (exact) mass is 616 g/mol. The summed E-state index contributed by atoms with van der Waals surface area (Å²) in [6, 6.07) is 3.84. The molecule has 2 N–H and O–H groups in total. The minimum atomic E-state index is -6.55. The van der Waals surface area contributed by atoms with Crippen LogP contribution in [-0.2, 0) is 20.8 Å². The highest BCUT2D eigenvalue weighted by molar-refractivity contribution is 7.91. The van der Waals surface area contributed by atoms with Gasteiger partial charge in [-0.05, 0) is 38.0 Å². The molecule has 228 valence electrons. The quantitative estimate of drug-likeness (QED) is 0.190. The van der Waals surface area contributed by atoms with E-state index in [1.807, 2.05) is 0 Å². The van der Waals surface area contributed by atoms with Crippen molar-refractivity contribution in [1.29, 1.82) is 5.26 Å². The lowest BCUT2D eigenvalue weighted by molar-refractivity contribution is -0.354. The maximum atomic E-state index is 13.3. The lowest BCUT2D eigenvalue weighted by Gasteiger charge is -2.28. The van der Waals surface area contributed by atoms with Crippen LogP contribution in [0.2, 0.25) is 0 Å². The third kappa shape index (κ3) is 9.79. The fourth-order valence-corrected chi connectivity index (χ4v) is 4.82. The first kappa shape index (κ1) is 35.4. The molecule has 0 spiro atoms. The summed E-state index contributed by atoms with van der Waals surface area (Å²) in [6.45, 7) is 1.11. The van der Waals surface area contributed by atoms with Crippen molar-refractivity contribution in [1.82, 2.24) is 0 Å². The maximum absolute atomic E-state index is 13.3. The van der Waals surface area contributed by atoms with E-state index < -0.39 is 74.6 Å². The SMILES string of the molecule is CC(O)(CCCCCCCS(=O)(=O)CCC(F)(F)C(F)(F)C(F)(F)F)C(=O)Nc1ccc(C#N)c(C(F)(F)F)c1. The topological polar surface area (TPSA) is 107 Å². The van der Waals surface area contributed by atoms with Gasteiger partial charge in [-0.1, -0.05) is 25.7 Å². The van der Waals surface area contributed by atoms with E-state index in [0.29, 0.717) is 18.9 Å². The van der Waals surface area contributed by atoms with Gasteiger partial charge in [-0.25, -0.2) is 8.42 Å². The maximum Gasteiger partial charge on any atom is 0.459 e. The van der Waals surface area contributed by atoms with Gasteiger partial charge in [0.1, 0.15) is 5.60 Å². The average Bonchev–Trinajstić information content (AvgIpc) is 2.80. The van der Waals surface area contributed by atoms with Gasteiger partial charge in [0.2, 0.25) is 0 Å². The number of rotatable bonds is 14. The van der Waals surface area contributed by atoms with Gasteiger partial charge in [0.25, 0.3) is 5.91 Å². The molecule has 1 aromatic rings. The molecule has 0 bridgehead atoms. The molecule has 0 saturated carbocycles. The van der Waals surface area contributed by atoms with E-state index in [2.05, 4.69) is 5.32 Å². The second kappa shape index (κ2) is 12.9. The van der Waals surface area contributed by atoms with Gasteiger partial charge in [-0.3, -0.25) is 4.79 Å². The van der Waals surface area contributed by atoms with Crippen molar-refractivity contribution in [3.63, 3.8) is 0 Å². The molecule has 0 fully saturated rings. The summed E-state index contributed by atoms with van der Waals surface area (Å²) in [5.74, 6) is -15.3. The predicted octanol–water partition coefficient (Wildman–Crippen LogP) is 6.24. The van der Waals surface area contributed by atoms with E-state index in [0.717, 1.165) is 19.1 Å². The van der Waals surface area contributed by atoms with Crippen molar-refractivity contribution in [2.45, 2.75) is 81.7 Å². The number of halogens is 10. The van der Waals surface area contributed by atoms with Gasteiger partial charge < -0.3 is 10.4 Å². The highest BCUT2D eigenvalue weighted by atomic mass is 32.2. The van der Waals surface area contributed by atoms with Gasteiger partial charge in [-0.15, -0.1) is 0 Å². The molecule has 1 unspecified atom stereocenters. The number of amides is 1. The average molecular weight is 617 g/mol. The molecule has 0 heterocycles. The van der Waals surface area contributed by atoms with Crippen molar-refractivity contribution in [3.8, 4) is 6.07 Å². The Bertz CT molecular complexity index is 1170. The number of carbonyl (C=O) groups is 1. The van der Waals surface area contributed by atoms with Crippen LogP contribution in [0, 0.1) is 11.3 Å². The summed E-state index contributed by atoms with van der Waals surface area (Å²) < 4.78 is 152. The summed E-state index contributed by atoms with van der Waals surface area (Å²) in [4.78, 5) is 12.3. The molecule has 1 aromatic carbocycles. The van der Waals surface area contributed by atoms with E-state index in [1.165, 1.54) is 6.07 Å². The Morgan fingerprint density at radius 1 is 0.900 bits per heavy atom. The van der Waals surface area contributed by atoms with Crippen molar-refractivity contribution >= 4 is 21.4 Å². The number of hydrogen-bond donors (Lipinski definition) is 2. The summed E-state index contributed by atoms with van der Waals surface area (Å²) >= 11 is 0. The van der Waals surface area contributed by atoms with Crippen LogP contribution in [0.5, 0.6) is 0 Å². The minimum absolute atomic E-state index is 0.110. The number of anilines is 1. The van der Waals surface area contributed by atoms with Crippen LogP contribution in [0.15, 0.2) is 18.2 Å². The molecule has 1 atom stereocenters. The second-order valence-corrected chi connectivity index (χ2v) is 11.6. The molecule has 1 rings (SSSR count). The molecule has 0 saturated heterocycles. The second-order valence-electron chi connectivity index (χ2n) is 9.29. The molecule has 0 aliphatic carbocycles. The zero-order valence-corrected chi connectivity index (χ0v) is 21.7. The number of carbonyl (C=O) groups excluding carboxylic acids is 1. The van der Waals surface area contributed by atoms with E-state index in [-0.39, 0.29) is 31.4 Å². The molecule has 40 heavy (non-hydrogen) atoms. The first-order valence-corrected chi connectivity index (χ1v) is 13.5. The molecule has 0 aromatic heterocycles. The van der Waals surface area contributed by atoms with Gasteiger partial charge in [0.15, 0.2) is 9.84 Å². The zero-order valence-electron chi connectivity index (χ0n) is 20.9. The lowest BCUT2D eigenvalue weighted by Crippen LogP contribution is -2.52. The molecular formula is C23H26F10N2O4S. The lowest BCUT2D eigenvalue weighted by atomic mass is 9.96. The number of alkyl halides is 10. The molecule has 0 aliphatic heterocycles. The third-order valence-corrected chi connectivity index (χ3v) is 7.59. The predicted molar refractivity (Wildman–Crippen MR) is 122 cm³/mol. The Morgan fingerprint density at radius 3 is 1.98 bits per heavy atom. The van der Waals surface area contributed by atoms with Gasteiger partial charge in [-0.2, -0.15) is 49.2 Å². The summed E-state index contributed by atoms with van der Waals surface area (Å²) in [7, 11) is -4.36. The zero-order chi connectivity index (χ0) is 31.2. The summed E-state index contributed by atoms with van der Waals surface area (Å²) in [5, 5.41) is 21.3. The Hall–Kier alpha value is -2.61. The van der Waals surface area contributed by atoms with E-state index in [1.54, 1.807) is 0 Å². The fourth-order valence-electron chi connectivity index (χ4n) is 3.40. The molecular weight excluding hydrogens is 590 g/mol. The van der Waals surface area contributed by atoms with Gasteiger partial charge in [0.05, 0.1) is 28.7 Å². The van der Waals surface area contributed by atoms with Crippen molar-refractivity contribution in [2.75, 3.05) is 16.8 Å². The van der Waals surface area contributed by atoms with Gasteiger partial charge >= 0.3 is 24.2 Å². The highest BCUT2D eigenvalue weighted by Crippen LogP contribution is 2.48. The number of hydrogen-bond acceptors (Lipinski definition) is 5. The van der Waals surface area contributed by atoms with E-state index in [4.69, 9.17) is 5.26 Å². The summed E-state index contributed by atoms with van der Waals surface area (Å²) in [6.07, 6.45) is -12.8. The smallest absolute Gasteiger partial charge is 0.380 e. The van der Waals surface area contributed by atoms with Crippen molar-refractivity contribution in [2.24, 2.45) is 0 Å². The fraction of sp³-hybridized carbons (Fsp3) is 0.652. The minimum Gasteiger partial charge on any atom is -0.380 e. The number of benzene rings is 1. The van der Waals surface area contributed by atoms with Crippen molar-refractivity contribution in [3.05, 3.63) is 29.3 Å². The van der Waals surface area contributed by atoms with Gasteiger partial charge in [0, 0.05) is 12.1 Å². The number of nitriles is 1. The Kier molecular flexibility index (Phi) is 11.4. The summed E-state index contributed by atoms with van der Waals surface area (Å²) in [5.41, 5.74) is -4.26. The van der Waals surface area contributed by atoms with Crippen LogP contribution in [0.4, 0.5) is 49.6 Å². The van der Waals surface area contributed by atoms with Crippen LogP contribution in [-0.4, -0.2) is 54.6 Å². The Morgan fingerprint density at radius 2 is 1.45 bits per heavy atom. The standard InChI is InChI=1S/C23H26F10N2O4S/c1-19(37,18(36)35-16-8-7-15(14-34)17(13-16)21(26,27)28)9-5-3-2-4-6-11-40(38,39)12-10-20(24,25)22(29,30)23(31,32)33/h7-8,13,37H,2-6,9-12H2,1H3,(H,35,36). The molecule has 17 heteroatoms. The van der Waals surface area contributed by atoms with E-state index >= 15 is 0 Å². The largest absolute Gasteiger partial charge is 0.459 e. The highest BCUT2D eigenvalue weighted by Gasteiger charge is 2.72. The number of unbranched alkanes of at least 4 members (excludes halogenated alkanes) is 4. The molecule has 0 radical (unpaired) electrons. The Balaban J connectivity index is 2.48. The molecule has 6 nitrogen and oxygen atoms in total. The first-order chi connectivity index (χ1) is 18.0. The molecule has 1 amide bonds. The van der Waals surface area contributed by atoms with Crippen LogP contribution >= 0.6 is 0 Å². The van der Waals surface area contributed by atoms with Crippen LogP contribution in [0.25, 0.3) is 0 Å². The Labute approximate surface area is 223 Å². The van der Waals surface area contributed by atoms with E-state index in [9.17, 15) is 62.2 Å². The first-order valence-electron chi connectivity index (χ1n) is 11.6. The van der Waals surface area contributed by atoms with Crippen LogP contribution in [0.3, 0.4) is 0 Å². The normalized spacial score (nSPS) is 14.9. The van der Waals surface area contributed by atoms with Crippen molar-refractivity contribution < 1.29 is 62.2 Å². The van der Waals surface area contributed by atoms with Crippen LogP contribution < -0.4 is 5.32 Å². The third-order valence-electron chi connectivity index (χ3n) is 5.85. The molecule has 0 aliphatic rings. The number of sulfone groups is 1. The number of aliphatic hydroxyl groups is 1. The number of nitrogens with one attached hydrogen (secondary N) is 1. The van der Waals surface area contributed by atoms with Crippen LogP contribution in [0.1, 0.15) is 63.0 Å².